The summed E-state index contributed by atoms with van der Waals surface area (Å²) in [6.07, 6.45) is 0. The lowest BCUT2D eigenvalue weighted by Gasteiger charge is -2.09. The number of hydrogen-bond donors (Lipinski definition) is 2. The molecule has 14 heavy (non-hydrogen) atoms. The van der Waals surface area contributed by atoms with Crippen LogP contribution in [0.4, 0.5) is 5.69 Å². The number of aliphatic hydroxyl groups is 1. The SMILES string of the molecule is CC(=O)Nc1ccc(Cl)c(CO)c1Cl. The molecule has 0 radical (unpaired) electrons. The van der Waals surface area contributed by atoms with Crippen LogP contribution in [0.1, 0.15) is 12.5 Å². The van der Waals surface area contributed by atoms with Crippen molar-refractivity contribution in [2.45, 2.75) is 13.5 Å². The van der Waals surface area contributed by atoms with Gasteiger partial charge in [0.1, 0.15) is 0 Å². The molecule has 0 spiro atoms. The first-order valence-corrected chi connectivity index (χ1v) is 4.67. The molecule has 76 valence electrons. The smallest absolute Gasteiger partial charge is 0.221 e. The molecule has 0 atom stereocenters. The lowest BCUT2D eigenvalue weighted by atomic mass is 10.2. The van der Waals surface area contributed by atoms with Gasteiger partial charge in [0.15, 0.2) is 0 Å². The second kappa shape index (κ2) is 4.64. The molecule has 0 aliphatic heterocycles. The average Bonchev–Trinajstić information content (AvgIpc) is 2.10. The van der Waals surface area contributed by atoms with Crippen LogP contribution in [-0.4, -0.2) is 11.0 Å². The number of nitrogens with one attached hydrogen (secondary N) is 1. The van der Waals surface area contributed by atoms with Crippen molar-refractivity contribution < 1.29 is 9.90 Å². The van der Waals surface area contributed by atoms with E-state index in [9.17, 15) is 4.79 Å². The van der Waals surface area contributed by atoms with Crippen molar-refractivity contribution >= 4 is 34.8 Å². The summed E-state index contributed by atoms with van der Waals surface area (Å²) in [5.74, 6) is -0.224. The van der Waals surface area contributed by atoms with E-state index in [1.807, 2.05) is 0 Å². The Morgan fingerprint density at radius 1 is 1.50 bits per heavy atom. The second-order valence-corrected chi connectivity index (χ2v) is 3.51. The lowest BCUT2D eigenvalue weighted by Crippen LogP contribution is -2.07. The Labute approximate surface area is 91.6 Å². The van der Waals surface area contributed by atoms with E-state index in [1.165, 1.54) is 6.92 Å². The third-order valence-electron chi connectivity index (χ3n) is 1.65. The largest absolute Gasteiger partial charge is 0.392 e. The van der Waals surface area contributed by atoms with Gasteiger partial charge in [0.05, 0.1) is 17.3 Å². The lowest BCUT2D eigenvalue weighted by molar-refractivity contribution is -0.114. The first kappa shape index (κ1) is 11.3. The maximum atomic E-state index is 10.8. The normalized spacial score (nSPS) is 10.0. The predicted octanol–water partition coefficient (Wildman–Crippen LogP) is 2.44. The maximum Gasteiger partial charge on any atom is 0.221 e. The van der Waals surface area contributed by atoms with Crippen LogP contribution < -0.4 is 5.32 Å². The van der Waals surface area contributed by atoms with E-state index < -0.39 is 0 Å². The highest BCUT2D eigenvalue weighted by atomic mass is 35.5. The summed E-state index contributed by atoms with van der Waals surface area (Å²) in [6, 6.07) is 3.16. The summed E-state index contributed by atoms with van der Waals surface area (Å²) < 4.78 is 0. The molecule has 3 nitrogen and oxygen atoms in total. The van der Waals surface area contributed by atoms with E-state index in [4.69, 9.17) is 28.3 Å². The quantitative estimate of drug-likeness (QED) is 0.825. The van der Waals surface area contributed by atoms with Crippen molar-refractivity contribution in [2.75, 3.05) is 5.32 Å². The van der Waals surface area contributed by atoms with Gasteiger partial charge in [-0.2, -0.15) is 0 Å². The van der Waals surface area contributed by atoms with E-state index in [2.05, 4.69) is 5.32 Å². The second-order valence-electron chi connectivity index (χ2n) is 2.73. The molecular formula is C9H9Cl2NO2. The fraction of sp³-hybridized carbons (Fsp3) is 0.222. The molecule has 0 heterocycles. The number of rotatable bonds is 2. The van der Waals surface area contributed by atoms with Gasteiger partial charge in [-0.15, -0.1) is 0 Å². The zero-order valence-corrected chi connectivity index (χ0v) is 8.99. The Kier molecular flexibility index (Phi) is 3.75. The van der Waals surface area contributed by atoms with E-state index in [0.29, 0.717) is 16.3 Å². The Morgan fingerprint density at radius 3 is 2.64 bits per heavy atom. The van der Waals surface area contributed by atoms with Gasteiger partial charge in [0.2, 0.25) is 5.91 Å². The molecule has 0 bridgehead atoms. The fourth-order valence-corrected chi connectivity index (χ4v) is 1.57. The van der Waals surface area contributed by atoms with Crippen LogP contribution >= 0.6 is 23.2 Å². The Morgan fingerprint density at radius 2 is 2.14 bits per heavy atom. The predicted molar refractivity (Wildman–Crippen MR) is 56.7 cm³/mol. The van der Waals surface area contributed by atoms with Crippen molar-refractivity contribution in [3.8, 4) is 0 Å². The zero-order chi connectivity index (χ0) is 10.7. The third kappa shape index (κ3) is 2.38. The van der Waals surface area contributed by atoms with Crippen LogP contribution in [0.5, 0.6) is 0 Å². The molecule has 1 rings (SSSR count). The van der Waals surface area contributed by atoms with Gasteiger partial charge in [-0.3, -0.25) is 4.79 Å². The minimum Gasteiger partial charge on any atom is -0.392 e. The van der Waals surface area contributed by atoms with Crippen LogP contribution in [0.3, 0.4) is 0 Å². The van der Waals surface area contributed by atoms with Crippen LogP contribution in [0.15, 0.2) is 12.1 Å². The van der Waals surface area contributed by atoms with Gasteiger partial charge in [-0.25, -0.2) is 0 Å². The molecule has 0 saturated heterocycles. The van der Waals surface area contributed by atoms with E-state index in [0.717, 1.165) is 0 Å². The molecule has 1 amide bonds. The molecule has 0 aliphatic carbocycles. The highest BCUT2D eigenvalue weighted by Crippen LogP contribution is 2.31. The van der Waals surface area contributed by atoms with Crippen molar-refractivity contribution in [3.05, 3.63) is 27.7 Å². The van der Waals surface area contributed by atoms with Gasteiger partial charge >= 0.3 is 0 Å². The number of benzene rings is 1. The molecule has 0 unspecified atom stereocenters. The monoisotopic (exact) mass is 233 g/mol. The minimum atomic E-state index is -0.259. The number of halogens is 2. The maximum absolute atomic E-state index is 10.8. The molecule has 0 aromatic heterocycles. The van der Waals surface area contributed by atoms with Crippen LogP contribution in [0.25, 0.3) is 0 Å². The van der Waals surface area contributed by atoms with Crippen LogP contribution in [0.2, 0.25) is 10.0 Å². The number of aliphatic hydroxyl groups excluding tert-OH is 1. The van der Waals surface area contributed by atoms with Crippen molar-refractivity contribution in [1.29, 1.82) is 0 Å². The Balaban J connectivity index is 3.14. The summed E-state index contributed by atoms with van der Waals surface area (Å²) in [4.78, 5) is 10.8. The van der Waals surface area contributed by atoms with E-state index >= 15 is 0 Å². The van der Waals surface area contributed by atoms with E-state index in [1.54, 1.807) is 12.1 Å². The number of amides is 1. The highest BCUT2D eigenvalue weighted by molar-refractivity contribution is 6.38. The van der Waals surface area contributed by atoms with E-state index in [-0.39, 0.29) is 17.5 Å². The molecule has 1 aromatic carbocycles. The summed E-state index contributed by atoms with van der Waals surface area (Å²) in [6.45, 7) is 1.12. The van der Waals surface area contributed by atoms with Gasteiger partial charge in [0.25, 0.3) is 0 Å². The van der Waals surface area contributed by atoms with Crippen molar-refractivity contribution in [2.24, 2.45) is 0 Å². The van der Waals surface area contributed by atoms with Gasteiger partial charge in [0, 0.05) is 17.5 Å². The number of hydrogen-bond acceptors (Lipinski definition) is 2. The standard InChI is InChI=1S/C9H9Cl2NO2/c1-5(14)12-8-3-2-7(10)6(4-13)9(8)11/h2-3,13H,4H2,1H3,(H,12,14). The molecular weight excluding hydrogens is 225 g/mol. The first-order chi connectivity index (χ1) is 6.56. The molecule has 0 aliphatic rings. The topological polar surface area (TPSA) is 49.3 Å². The molecule has 0 saturated carbocycles. The third-order valence-corrected chi connectivity index (χ3v) is 2.44. The highest BCUT2D eigenvalue weighted by Gasteiger charge is 2.10. The summed E-state index contributed by atoms with van der Waals surface area (Å²) >= 11 is 11.7. The minimum absolute atomic E-state index is 0.224. The summed E-state index contributed by atoms with van der Waals surface area (Å²) in [5, 5.41) is 12.2. The number of anilines is 1. The summed E-state index contributed by atoms with van der Waals surface area (Å²) in [7, 11) is 0. The molecule has 5 heteroatoms. The molecule has 1 aromatic rings. The fourth-order valence-electron chi connectivity index (χ4n) is 1.03. The number of carbonyl (C=O) groups is 1. The van der Waals surface area contributed by atoms with Gasteiger partial charge < -0.3 is 10.4 Å². The summed E-state index contributed by atoms with van der Waals surface area (Å²) in [5.41, 5.74) is 0.868. The van der Waals surface area contributed by atoms with Gasteiger partial charge in [-0.05, 0) is 12.1 Å². The molecule has 0 fully saturated rings. The van der Waals surface area contributed by atoms with Crippen LogP contribution in [0, 0.1) is 0 Å². The average molecular weight is 234 g/mol. The van der Waals surface area contributed by atoms with Crippen LogP contribution in [-0.2, 0) is 11.4 Å². The zero-order valence-electron chi connectivity index (χ0n) is 7.47. The molecule has 2 N–H and O–H groups in total. The number of carbonyl (C=O) groups excluding carboxylic acids is 1. The van der Waals surface area contributed by atoms with Crippen molar-refractivity contribution in [1.82, 2.24) is 0 Å². The Bertz CT molecular complexity index is 366. The van der Waals surface area contributed by atoms with Crippen molar-refractivity contribution in [3.63, 3.8) is 0 Å². The first-order valence-electron chi connectivity index (χ1n) is 3.91. The van der Waals surface area contributed by atoms with Gasteiger partial charge in [-0.1, -0.05) is 23.2 Å². The Hall–Kier alpha value is -0.770.